The molecular formula is C16H17F3N2O. The zero-order valence-electron chi connectivity index (χ0n) is 12.3. The van der Waals surface area contributed by atoms with Crippen molar-refractivity contribution in [2.45, 2.75) is 32.0 Å². The molecule has 0 aliphatic carbocycles. The smallest absolute Gasteiger partial charge is 0.384 e. The maximum absolute atomic E-state index is 12.6. The molecule has 1 N–H and O–H groups in total. The number of hydrogen-bond acceptors (Lipinski definition) is 3. The fraction of sp³-hybridized carbons (Fsp3) is 0.375. The first-order chi connectivity index (χ1) is 10.2. The minimum atomic E-state index is -4.39. The van der Waals surface area contributed by atoms with Crippen molar-refractivity contribution >= 4 is 0 Å². The largest absolute Gasteiger partial charge is 0.416 e. The number of alkyl halides is 3. The van der Waals surface area contributed by atoms with Crippen LogP contribution in [0.4, 0.5) is 13.2 Å². The molecule has 2 aromatic rings. The highest BCUT2D eigenvalue weighted by atomic mass is 19.4. The van der Waals surface area contributed by atoms with Crippen molar-refractivity contribution in [2.24, 2.45) is 5.92 Å². The SMILES string of the molecule is CC(C)C(O)(Cc1cnccn1)c1ccc(C(F)(F)F)cc1. The van der Waals surface area contributed by atoms with Gasteiger partial charge in [-0.15, -0.1) is 0 Å². The van der Waals surface area contributed by atoms with Crippen LogP contribution in [0.25, 0.3) is 0 Å². The van der Waals surface area contributed by atoms with Gasteiger partial charge in [0, 0.05) is 25.0 Å². The molecule has 0 amide bonds. The van der Waals surface area contributed by atoms with Crippen LogP contribution in [0.1, 0.15) is 30.7 Å². The lowest BCUT2D eigenvalue weighted by molar-refractivity contribution is -0.137. The second kappa shape index (κ2) is 6.04. The highest BCUT2D eigenvalue weighted by molar-refractivity contribution is 5.30. The van der Waals surface area contributed by atoms with Gasteiger partial charge in [-0.25, -0.2) is 0 Å². The standard InChI is InChI=1S/C16H17F3N2O/c1-11(2)15(22,9-14-10-20-7-8-21-14)12-3-5-13(6-4-12)16(17,18)19/h3-8,10-11,22H,9H2,1-2H3. The predicted molar refractivity (Wildman–Crippen MR) is 75.9 cm³/mol. The van der Waals surface area contributed by atoms with Gasteiger partial charge in [-0.1, -0.05) is 26.0 Å². The number of hydrogen-bond donors (Lipinski definition) is 1. The summed E-state index contributed by atoms with van der Waals surface area (Å²) in [5.41, 5.74) is -1.03. The summed E-state index contributed by atoms with van der Waals surface area (Å²) < 4.78 is 37.9. The molecule has 1 aromatic carbocycles. The zero-order chi connectivity index (χ0) is 16.4. The van der Waals surface area contributed by atoms with Crippen molar-refractivity contribution < 1.29 is 18.3 Å². The Morgan fingerprint density at radius 2 is 1.64 bits per heavy atom. The van der Waals surface area contributed by atoms with Crippen molar-refractivity contribution in [2.75, 3.05) is 0 Å². The summed E-state index contributed by atoms with van der Waals surface area (Å²) in [6.45, 7) is 3.63. The Balaban J connectivity index is 2.35. The monoisotopic (exact) mass is 310 g/mol. The third-order valence-electron chi connectivity index (χ3n) is 3.73. The van der Waals surface area contributed by atoms with E-state index in [1.54, 1.807) is 0 Å². The van der Waals surface area contributed by atoms with Gasteiger partial charge in [0.05, 0.1) is 16.9 Å². The van der Waals surface area contributed by atoms with Crippen molar-refractivity contribution in [1.82, 2.24) is 9.97 Å². The minimum absolute atomic E-state index is 0.184. The minimum Gasteiger partial charge on any atom is -0.384 e. The Hall–Kier alpha value is -1.95. The normalized spacial score (nSPS) is 14.9. The molecule has 0 saturated heterocycles. The average molecular weight is 310 g/mol. The van der Waals surface area contributed by atoms with Crippen molar-refractivity contribution in [3.63, 3.8) is 0 Å². The van der Waals surface area contributed by atoms with E-state index in [4.69, 9.17) is 0 Å². The Morgan fingerprint density at radius 1 is 1.05 bits per heavy atom. The zero-order valence-corrected chi connectivity index (χ0v) is 12.3. The number of nitrogens with zero attached hydrogens (tertiary/aromatic N) is 2. The van der Waals surface area contributed by atoms with Gasteiger partial charge in [0.2, 0.25) is 0 Å². The molecule has 0 spiro atoms. The van der Waals surface area contributed by atoms with Gasteiger partial charge in [0.15, 0.2) is 0 Å². The van der Waals surface area contributed by atoms with Crippen LogP contribution in [0.3, 0.4) is 0 Å². The van der Waals surface area contributed by atoms with Crippen LogP contribution in [0.2, 0.25) is 0 Å². The molecule has 2 rings (SSSR count). The van der Waals surface area contributed by atoms with Crippen molar-refractivity contribution in [3.8, 4) is 0 Å². The molecule has 0 saturated carbocycles. The van der Waals surface area contributed by atoms with Crippen molar-refractivity contribution in [3.05, 3.63) is 59.7 Å². The van der Waals surface area contributed by atoms with E-state index in [9.17, 15) is 18.3 Å². The first-order valence-electron chi connectivity index (χ1n) is 6.88. The highest BCUT2D eigenvalue weighted by Crippen LogP contribution is 2.35. The van der Waals surface area contributed by atoms with Crippen LogP contribution in [-0.4, -0.2) is 15.1 Å². The average Bonchev–Trinajstić information content (AvgIpc) is 2.47. The molecule has 1 aromatic heterocycles. The summed E-state index contributed by atoms with van der Waals surface area (Å²) in [4.78, 5) is 8.07. The summed E-state index contributed by atoms with van der Waals surface area (Å²) in [7, 11) is 0. The summed E-state index contributed by atoms with van der Waals surface area (Å²) in [6.07, 6.45) is 0.375. The van der Waals surface area contributed by atoms with E-state index in [0.29, 0.717) is 11.3 Å². The van der Waals surface area contributed by atoms with Gasteiger partial charge in [0.1, 0.15) is 0 Å². The highest BCUT2D eigenvalue weighted by Gasteiger charge is 2.35. The van der Waals surface area contributed by atoms with E-state index >= 15 is 0 Å². The van der Waals surface area contributed by atoms with E-state index in [-0.39, 0.29) is 12.3 Å². The number of aliphatic hydroxyl groups is 1. The molecule has 0 fully saturated rings. The first kappa shape index (κ1) is 16.4. The van der Waals surface area contributed by atoms with E-state index in [0.717, 1.165) is 12.1 Å². The molecule has 22 heavy (non-hydrogen) atoms. The molecule has 3 nitrogen and oxygen atoms in total. The third-order valence-corrected chi connectivity index (χ3v) is 3.73. The molecule has 118 valence electrons. The fourth-order valence-corrected chi connectivity index (χ4v) is 2.28. The Morgan fingerprint density at radius 3 is 2.09 bits per heavy atom. The van der Waals surface area contributed by atoms with Crippen LogP contribution in [0, 0.1) is 5.92 Å². The van der Waals surface area contributed by atoms with E-state index in [1.165, 1.54) is 30.7 Å². The van der Waals surface area contributed by atoms with Gasteiger partial charge in [-0.05, 0) is 23.6 Å². The summed E-state index contributed by atoms with van der Waals surface area (Å²) in [5.74, 6) is -0.203. The lowest BCUT2D eigenvalue weighted by atomic mass is 9.79. The van der Waals surface area contributed by atoms with Gasteiger partial charge >= 0.3 is 6.18 Å². The van der Waals surface area contributed by atoms with E-state index < -0.39 is 17.3 Å². The quantitative estimate of drug-likeness (QED) is 0.939. The second-order valence-corrected chi connectivity index (χ2v) is 5.53. The predicted octanol–water partition coefficient (Wildman–Crippen LogP) is 3.58. The molecule has 0 radical (unpaired) electrons. The van der Waals surface area contributed by atoms with Crippen LogP contribution in [-0.2, 0) is 18.2 Å². The summed E-state index contributed by atoms with van der Waals surface area (Å²) in [5, 5.41) is 11.0. The van der Waals surface area contributed by atoms with E-state index in [1.807, 2.05) is 13.8 Å². The fourth-order valence-electron chi connectivity index (χ4n) is 2.28. The summed E-state index contributed by atoms with van der Waals surface area (Å²) in [6, 6.07) is 4.61. The van der Waals surface area contributed by atoms with Crippen LogP contribution < -0.4 is 0 Å². The number of benzene rings is 1. The molecule has 1 unspecified atom stereocenters. The van der Waals surface area contributed by atoms with Crippen LogP contribution >= 0.6 is 0 Å². The lowest BCUT2D eigenvalue weighted by Gasteiger charge is -2.32. The molecule has 0 aliphatic rings. The maximum Gasteiger partial charge on any atom is 0.416 e. The number of halogens is 3. The van der Waals surface area contributed by atoms with Crippen LogP contribution in [0.5, 0.6) is 0 Å². The Labute approximate surface area is 126 Å². The first-order valence-corrected chi connectivity index (χ1v) is 6.88. The van der Waals surface area contributed by atoms with Crippen LogP contribution in [0.15, 0.2) is 42.9 Å². The molecule has 1 heterocycles. The van der Waals surface area contributed by atoms with Crippen molar-refractivity contribution in [1.29, 1.82) is 0 Å². The third kappa shape index (κ3) is 3.44. The molecule has 1 atom stereocenters. The second-order valence-electron chi connectivity index (χ2n) is 5.53. The lowest BCUT2D eigenvalue weighted by Crippen LogP contribution is -2.35. The summed E-state index contributed by atoms with van der Waals surface area (Å²) >= 11 is 0. The molecule has 6 heteroatoms. The van der Waals surface area contributed by atoms with Gasteiger partial charge in [0.25, 0.3) is 0 Å². The van der Waals surface area contributed by atoms with Gasteiger partial charge in [-0.2, -0.15) is 13.2 Å². The Bertz CT molecular complexity index is 612. The van der Waals surface area contributed by atoms with Gasteiger partial charge in [-0.3, -0.25) is 9.97 Å². The molecular weight excluding hydrogens is 293 g/mol. The Kier molecular flexibility index (Phi) is 4.51. The maximum atomic E-state index is 12.6. The molecule has 0 aliphatic heterocycles. The number of rotatable bonds is 4. The van der Waals surface area contributed by atoms with Gasteiger partial charge < -0.3 is 5.11 Å². The molecule has 0 bridgehead atoms. The number of aromatic nitrogens is 2. The van der Waals surface area contributed by atoms with E-state index in [2.05, 4.69) is 9.97 Å². The topological polar surface area (TPSA) is 46.0 Å².